The van der Waals surface area contributed by atoms with Crippen LogP contribution in [0.15, 0.2) is 41.4 Å². The molecule has 1 aliphatic rings. The summed E-state index contributed by atoms with van der Waals surface area (Å²) in [7, 11) is -7.83. The van der Waals surface area contributed by atoms with Gasteiger partial charge in [0, 0.05) is 34.9 Å². The number of nitrogens with one attached hydrogen (secondary N) is 1. The van der Waals surface area contributed by atoms with E-state index in [1.807, 2.05) is 16.7 Å². The van der Waals surface area contributed by atoms with E-state index in [-0.39, 0.29) is 4.90 Å². The lowest BCUT2D eigenvalue weighted by atomic mass is 9.89. The maximum absolute atomic E-state index is 13.3. The molecule has 3 N–H and O–H groups in total. The van der Waals surface area contributed by atoms with Gasteiger partial charge in [0.05, 0.1) is 11.2 Å². The van der Waals surface area contributed by atoms with Crippen LogP contribution >= 0.6 is 0 Å². The molecular formula is C24H34N4O4S2. The van der Waals surface area contributed by atoms with Gasteiger partial charge < -0.3 is 4.57 Å². The fraction of sp³-hybridized carbons (Fsp3) is 0.500. The first-order chi connectivity index (χ1) is 15.8. The van der Waals surface area contributed by atoms with Crippen LogP contribution in [-0.2, 0) is 26.8 Å². The van der Waals surface area contributed by atoms with Crippen molar-refractivity contribution in [3.63, 3.8) is 0 Å². The second kappa shape index (κ2) is 8.82. The Morgan fingerprint density at radius 3 is 2.32 bits per heavy atom. The Balaban J connectivity index is 1.94. The highest BCUT2D eigenvalue weighted by atomic mass is 32.2. The average Bonchev–Trinajstić information content (AvgIpc) is 3.26. The highest BCUT2D eigenvalue weighted by Gasteiger charge is 2.28. The molecule has 0 amide bonds. The van der Waals surface area contributed by atoms with Gasteiger partial charge in [-0.1, -0.05) is 37.5 Å². The third-order valence-corrected chi connectivity index (χ3v) is 9.16. The van der Waals surface area contributed by atoms with Crippen LogP contribution in [0.25, 0.3) is 22.2 Å². The van der Waals surface area contributed by atoms with E-state index < -0.39 is 25.8 Å². The predicted molar refractivity (Wildman–Crippen MR) is 135 cm³/mol. The zero-order chi connectivity index (χ0) is 24.9. The third-order valence-electron chi connectivity index (χ3n) is 6.44. The molecule has 8 nitrogen and oxygen atoms in total. The van der Waals surface area contributed by atoms with Crippen molar-refractivity contribution in [3.05, 3.63) is 42.2 Å². The van der Waals surface area contributed by atoms with Crippen molar-refractivity contribution >= 4 is 31.1 Å². The Labute approximate surface area is 202 Å². The molecule has 1 aliphatic carbocycles. The van der Waals surface area contributed by atoms with Crippen LogP contribution < -0.4 is 9.86 Å². The van der Waals surface area contributed by atoms with Crippen LogP contribution in [0.2, 0.25) is 0 Å². The molecule has 0 spiro atoms. The van der Waals surface area contributed by atoms with Crippen LogP contribution in [-0.4, -0.2) is 30.9 Å². The lowest BCUT2D eigenvalue weighted by Gasteiger charge is -2.24. The van der Waals surface area contributed by atoms with E-state index in [2.05, 4.69) is 4.72 Å². The average molecular weight is 507 g/mol. The van der Waals surface area contributed by atoms with Gasteiger partial charge in [-0.25, -0.2) is 17.5 Å². The number of hydrogen-bond donors (Lipinski definition) is 2. The predicted octanol–water partition coefficient (Wildman–Crippen LogP) is 4.13. The zero-order valence-electron chi connectivity index (χ0n) is 20.2. The molecule has 1 fully saturated rings. The molecular weight excluding hydrogens is 472 g/mol. The Kier molecular flexibility index (Phi) is 6.48. The van der Waals surface area contributed by atoms with Crippen LogP contribution in [0, 0.1) is 12.8 Å². The number of hydrogen-bond acceptors (Lipinski definition) is 4. The second-order valence-corrected chi connectivity index (χ2v) is 13.4. The molecule has 0 radical (unpaired) electrons. The summed E-state index contributed by atoms with van der Waals surface area (Å²) in [5, 5.41) is 6.28. The lowest BCUT2D eigenvalue weighted by Crippen LogP contribution is -2.43. The topological polar surface area (TPSA) is 116 Å². The largest absolute Gasteiger partial charge is 0.343 e. The molecule has 0 atom stereocenters. The maximum atomic E-state index is 13.3. The van der Waals surface area contributed by atoms with E-state index in [4.69, 9.17) is 5.14 Å². The Morgan fingerprint density at radius 1 is 1.06 bits per heavy atom. The smallest absolute Gasteiger partial charge is 0.305 e. The Hall–Kier alpha value is -2.14. The molecule has 0 bridgehead atoms. The standard InChI is InChI=1S/C24H34N4O4S2/c1-17-23(33(25,29)30)14-22(27(17)15-18-10-6-5-7-11-18)20-16-28(21-13-9-8-12-19(20)21)34(31,32)26-24(2,3)4/h8-9,12-14,16,18,26H,5-7,10-11,15H2,1-4H3,(H2,25,29,30). The molecule has 3 aromatic rings. The van der Waals surface area contributed by atoms with Crippen molar-refractivity contribution in [2.24, 2.45) is 11.1 Å². The first-order valence-electron chi connectivity index (χ1n) is 11.7. The van der Waals surface area contributed by atoms with Gasteiger partial charge in [-0.15, -0.1) is 0 Å². The Bertz CT molecular complexity index is 1420. The van der Waals surface area contributed by atoms with Crippen molar-refractivity contribution in [1.29, 1.82) is 0 Å². The van der Waals surface area contributed by atoms with E-state index in [1.165, 1.54) is 23.2 Å². The summed E-state index contributed by atoms with van der Waals surface area (Å²) in [6, 6.07) is 8.84. The fourth-order valence-corrected chi connectivity index (χ4v) is 7.32. The van der Waals surface area contributed by atoms with E-state index in [0.29, 0.717) is 34.9 Å². The van der Waals surface area contributed by atoms with Gasteiger partial charge in [0.1, 0.15) is 4.90 Å². The molecule has 2 heterocycles. The van der Waals surface area contributed by atoms with Crippen molar-refractivity contribution in [2.75, 3.05) is 0 Å². The van der Waals surface area contributed by atoms with Gasteiger partial charge >= 0.3 is 10.2 Å². The monoisotopic (exact) mass is 506 g/mol. The van der Waals surface area contributed by atoms with E-state index in [9.17, 15) is 16.8 Å². The molecule has 1 saturated carbocycles. The summed E-state index contributed by atoms with van der Waals surface area (Å²) in [5.41, 5.74) is 1.75. The Morgan fingerprint density at radius 2 is 1.71 bits per heavy atom. The summed E-state index contributed by atoms with van der Waals surface area (Å²) >= 11 is 0. The maximum Gasteiger partial charge on any atom is 0.305 e. The first kappa shape index (κ1) is 25.0. The zero-order valence-corrected chi connectivity index (χ0v) is 21.8. The summed E-state index contributed by atoms with van der Waals surface area (Å²) in [6.07, 6.45) is 7.32. The summed E-state index contributed by atoms with van der Waals surface area (Å²) < 4.78 is 57.3. The highest BCUT2D eigenvalue weighted by molar-refractivity contribution is 7.89. The number of benzene rings is 1. The number of para-hydroxylation sites is 1. The van der Waals surface area contributed by atoms with Crippen molar-refractivity contribution < 1.29 is 16.8 Å². The molecule has 2 aromatic heterocycles. The molecule has 34 heavy (non-hydrogen) atoms. The number of primary sulfonamides is 1. The van der Waals surface area contributed by atoms with Crippen LogP contribution in [0.3, 0.4) is 0 Å². The first-order valence-corrected chi connectivity index (χ1v) is 14.6. The van der Waals surface area contributed by atoms with Gasteiger partial charge in [0.15, 0.2) is 0 Å². The minimum absolute atomic E-state index is 0.0748. The quantitative estimate of drug-likeness (QED) is 0.523. The second-order valence-electron chi connectivity index (χ2n) is 10.4. The van der Waals surface area contributed by atoms with Crippen molar-refractivity contribution in [1.82, 2.24) is 13.3 Å². The summed E-state index contributed by atoms with van der Waals surface area (Å²) in [4.78, 5) is 0.0748. The molecule has 186 valence electrons. The SMILES string of the molecule is Cc1c(S(N)(=O)=O)cc(-c2cn(S(=O)(=O)NC(C)(C)C)c3ccccc23)n1CC1CCCCC1. The number of rotatable bonds is 6. The minimum atomic E-state index is -3.94. The number of aromatic nitrogens is 2. The minimum Gasteiger partial charge on any atom is -0.343 e. The summed E-state index contributed by atoms with van der Waals surface area (Å²) in [6.45, 7) is 7.79. The molecule has 10 heteroatoms. The van der Waals surface area contributed by atoms with Gasteiger partial charge in [0.2, 0.25) is 10.0 Å². The van der Waals surface area contributed by atoms with E-state index in [0.717, 1.165) is 18.2 Å². The molecule has 0 saturated heterocycles. The van der Waals surface area contributed by atoms with Gasteiger partial charge in [-0.3, -0.25) is 0 Å². The van der Waals surface area contributed by atoms with E-state index >= 15 is 0 Å². The summed E-state index contributed by atoms with van der Waals surface area (Å²) in [5.74, 6) is 0.437. The third kappa shape index (κ3) is 4.95. The van der Waals surface area contributed by atoms with Crippen LogP contribution in [0.4, 0.5) is 0 Å². The van der Waals surface area contributed by atoms with Gasteiger partial charge in [-0.2, -0.15) is 13.1 Å². The van der Waals surface area contributed by atoms with Gasteiger partial charge in [0.25, 0.3) is 0 Å². The lowest BCUT2D eigenvalue weighted by molar-refractivity contribution is 0.318. The molecule has 0 unspecified atom stereocenters. The fourth-order valence-electron chi connectivity index (χ4n) is 4.98. The number of nitrogens with zero attached hydrogens (tertiary/aromatic N) is 2. The number of sulfonamides is 1. The molecule has 1 aromatic carbocycles. The van der Waals surface area contributed by atoms with Crippen molar-refractivity contribution in [2.45, 2.75) is 76.8 Å². The van der Waals surface area contributed by atoms with Gasteiger partial charge in [-0.05, 0) is 58.6 Å². The molecule has 0 aliphatic heterocycles. The number of nitrogens with two attached hydrogens (primary N) is 1. The highest BCUT2D eigenvalue weighted by Crippen LogP contribution is 2.37. The van der Waals surface area contributed by atoms with E-state index in [1.54, 1.807) is 52.1 Å². The molecule has 4 rings (SSSR count). The van der Waals surface area contributed by atoms with Crippen molar-refractivity contribution in [3.8, 4) is 11.3 Å². The van der Waals surface area contributed by atoms with Crippen LogP contribution in [0.1, 0.15) is 58.6 Å². The normalized spacial score (nSPS) is 16.4. The van der Waals surface area contributed by atoms with Crippen LogP contribution in [0.5, 0.6) is 0 Å². The number of fused-ring (bicyclic) bond motifs is 1.